The summed E-state index contributed by atoms with van der Waals surface area (Å²) >= 11 is 0. The van der Waals surface area contributed by atoms with E-state index in [9.17, 15) is 4.79 Å². The molecule has 1 aliphatic heterocycles. The summed E-state index contributed by atoms with van der Waals surface area (Å²) in [6, 6.07) is 1.68. The maximum atomic E-state index is 11.9. The molecule has 1 aromatic heterocycles. The summed E-state index contributed by atoms with van der Waals surface area (Å²) in [6.45, 7) is 1.69. The first-order chi connectivity index (χ1) is 7.31. The first-order valence-corrected chi connectivity index (χ1v) is 5.23. The standard InChI is InChI=1S/C11H15NO3/c13-7-9-1-4-12(5-2-9)11(14)10-3-6-15-8-10/h3,6,8-9,13H,1-2,4-5,7H2. The van der Waals surface area contributed by atoms with Crippen molar-refractivity contribution in [2.24, 2.45) is 5.92 Å². The molecule has 0 unspecified atom stereocenters. The van der Waals surface area contributed by atoms with Gasteiger partial charge in [-0.05, 0) is 24.8 Å². The van der Waals surface area contributed by atoms with Gasteiger partial charge in [0.25, 0.3) is 5.91 Å². The minimum Gasteiger partial charge on any atom is -0.472 e. The number of rotatable bonds is 2. The molecule has 4 nitrogen and oxygen atoms in total. The second-order valence-corrected chi connectivity index (χ2v) is 3.93. The third kappa shape index (κ3) is 2.21. The van der Waals surface area contributed by atoms with E-state index in [0.29, 0.717) is 11.5 Å². The number of carbonyl (C=O) groups excluding carboxylic acids is 1. The summed E-state index contributed by atoms with van der Waals surface area (Å²) in [5, 5.41) is 8.98. The van der Waals surface area contributed by atoms with E-state index in [1.807, 2.05) is 4.90 Å². The molecular weight excluding hydrogens is 194 g/mol. The van der Waals surface area contributed by atoms with Crippen LogP contribution in [0.25, 0.3) is 0 Å². The predicted molar refractivity (Wildman–Crippen MR) is 54.4 cm³/mol. The fraction of sp³-hybridized carbons (Fsp3) is 0.545. The number of hydrogen-bond acceptors (Lipinski definition) is 3. The average molecular weight is 209 g/mol. The van der Waals surface area contributed by atoms with E-state index in [1.165, 1.54) is 12.5 Å². The molecule has 0 radical (unpaired) electrons. The highest BCUT2D eigenvalue weighted by atomic mass is 16.3. The first kappa shape index (κ1) is 10.2. The van der Waals surface area contributed by atoms with Crippen LogP contribution in [0.3, 0.4) is 0 Å². The number of piperidine rings is 1. The van der Waals surface area contributed by atoms with Crippen LogP contribution < -0.4 is 0 Å². The number of aliphatic hydroxyl groups is 1. The Kier molecular flexibility index (Phi) is 3.06. The molecular formula is C11H15NO3. The van der Waals surface area contributed by atoms with Crippen molar-refractivity contribution in [2.45, 2.75) is 12.8 Å². The largest absolute Gasteiger partial charge is 0.472 e. The maximum absolute atomic E-state index is 11.9. The van der Waals surface area contributed by atoms with Gasteiger partial charge in [-0.3, -0.25) is 4.79 Å². The molecule has 0 saturated carbocycles. The highest BCUT2D eigenvalue weighted by Gasteiger charge is 2.23. The zero-order valence-corrected chi connectivity index (χ0v) is 8.56. The van der Waals surface area contributed by atoms with Crippen molar-refractivity contribution in [3.63, 3.8) is 0 Å². The van der Waals surface area contributed by atoms with Crippen LogP contribution in [0, 0.1) is 5.92 Å². The van der Waals surface area contributed by atoms with Gasteiger partial charge in [0, 0.05) is 19.7 Å². The lowest BCUT2D eigenvalue weighted by atomic mass is 9.97. The molecule has 1 N–H and O–H groups in total. The summed E-state index contributed by atoms with van der Waals surface area (Å²) in [5.74, 6) is 0.388. The van der Waals surface area contributed by atoms with Crippen LogP contribution in [-0.2, 0) is 0 Å². The number of likely N-dealkylation sites (tertiary alicyclic amines) is 1. The Morgan fingerprint density at radius 2 is 2.27 bits per heavy atom. The highest BCUT2D eigenvalue weighted by Crippen LogP contribution is 2.18. The summed E-state index contributed by atoms with van der Waals surface area (Å²) in [4.78, 5) is 13.7. The minimum atomic E-state index is 0.0279. The Labute approximate surface area is 88.5 Å². The molecule has 15 heavy (non-hydrogen) atoms. The number of amides is 1. The monoisotopic (exact) mass is 209 g/mol. The van der Waals surface area contributed by atoms with E-state index in [4.69, 9.17) is 9.52 Å². The van der Waals surface area contributed by atoms with Crippen LogP contribution in [-0.4, -0.2) is 35.6 Å². The molecule has 0 aliphatic carbocycles. The van der Waals surface area contributed by atoms with Crippen LogP contribution in [0.5, 0.6) is 0 Å². The van der Waals surface area contributed by atoms with Crippen molar-refractivity contribution in [1.29, 1.82) is 0 Å². The van der Waals surface area contributed by atoms with E-state index < -0.39 is 0 Å². The summed E-state index contributed by atoms with van der Waals surface area (Å²) in [6.07, 6.45) is 4.76. The van der Waals surface area contributed by atoms with Gasteiger partial charge in [-0.25, -0.2) is 0 Å². The second kappa shape index (κ2) is 4.49. The van der Waals surface area contributed by atoms with E-state index in [1.54, 1.807) is 6.07 Å². The van der Waals surface area contributed by atoms with Crippen LogP contribution in [0.4, 0.5) is 0 Å². The molecule has 4 heteroatoms. The molecule has 1 fully saturated rings. The molecule has 2 heterocycles. The van der Waals surface area contributed by atoms with Crippen LogP contribution >= 0.6 is 0 Å². The van der Waals surface area contributed by atoms with E-state index in [0.717, 1.165) is 25.9 Å². The topological polar surface area (TPSA) is 53.7 Å². The summed E-state index contributed by atoms with van der Waals surface area (Å²) in [7, 11) is 0. The lowest BCUT2D eigenvalue weighted by Gasteiger charge is -2.30. The third-order valence-electron chi connectivity index (χ3n) is 2.93. The normalized spacial score (nSPS) is 18.1. The van der Waals surface area contributed by atoms with Gasteiger partial charge in [-0.15, -0.1) is 0 Å². The summed E-state index contributed by atoms with van der Waals surface area (Å²) in [5.41, 5.74) is 0.609. The van der Waals surface area contributed by atoms with Crippen molar-refractivity contribution in [3.05, 3.63) is 24.2 Å². The smallest absolute Gasteiger partial charge is 0.257 e. The van der Waals surface area contributed by atoms with Crippen molar-refractivity contribution < 1.29 is 14.3 Å². The van der Waals surface area contributed by atoms with E-state index in [2.05, 4.69) is 0 Å². The number of aliphatic hydroxyl groups excluding tert-OH is 1. The van der Waals surface area contributed by atoms with Gasteiger partial charge in [-0.1, -0.05) is 0 Å². The lowest BCUT2D eigenvalue weighted by Crippen LogP contribution is -2.39. The zero-order chi connectivity index (χ0) is 10.7. The van der Waals surface area contributed by atoms with Crippen LogP contribution in [0.1, 0.15) is 23.2 Å². The van der Waals surface area contributed by atoms with Crippen molar-refractivity contribution in [2.75, 3.05) is 19.7 Å². The Morgan fingerprint density at radius 1 is 1.53 bits per heavy atom. The van der Waals surface area contributed by atoms with Crippen molar-refractivity contribution in [1.82, 2.24) is 4.90 Å². The quantitative estimate of drug-likeness (QED) is 0.794. The molecule has 82 valence electrons. The van der Waals surface area contributed by atoms with E-state index in [-0.39, 0.29) is 12.5 Å². The maximum Gasteiger partial charge on any atom is 0.257 e. The minimum absolute atomic E-state index is 0.0279. The number of hydrogen-bond donors (Lipinski definition) is 1. The van der Waals surface area contributed by atoms with Gasteiger partial charge in [0.05, 0.1) is 11.8 Å². The van der Waals surface area contributed by atoms with Gasteiger partial charge in [0.2, 0.25) is 0 Å². The fourth-order valence-corrected chi connectivity index (χ4v) is 1.89. The number of nitrogens with zero attached hydrogens (tertiary/aromatic N) is 1. The molecule has 1 amide bonds. The third-order valence-corrected chi connectivity index (χ3v) is 2.93. The zero-order valence-electron chi connectivity index (χ0n) is 8.56. The molecule has 0 bridgehead atoms. The van der Waals surface area contributed by atoms with Crippen LogP contribution in [0.15, 0.2) is 23.0 Å². The SMILES string of the molecule is O=C(c1ccoc1)N1CCC(CO)CC1. The Balaban J connectivity index is 1.93. The Morgan fingerprint density at radius 3 is 2.80 bits per heavy atom. The highest BCUT2D eigenvalue weighted by molar-refractivity contribution is 5.93. The predicted octanol–water partition coefficient (Wildman–Crippen LogP) is 1.12. The summed E-state index contributed by atoms with van der Waals surface area (Å²) < 4.78 is 4.88. The molecule has 2 rings (SSSR count). The molecule has 1 saturated heterocycles. The Hall–Kier alpha value is -1.29. The van der Waals surface area contributed by atoms with Gasteiger partial charge >= 0.3 is 0 Å². The van der Waals surface area contributed by atoms with Crippen LogP contribution in [0.2, 0.25) is 0 Å². The number of carbonyl (C=O) groups is 1. The molecule has 1 aliphatic rings. The number of furan rings is 1. The van der Waals surface area contributed by atoms with Gasteiger partial charge in [0.1, 0.15) is 6.26 Å². The van der Waals surface area contributed by atoms with Crippen molar-refractivity contribution in [3.8, 4) is 0 Å². The first-order valence-electron chi connectivity index (χ1n) is 5.23. The average Bonchev–Trinajstić information content (AvgIpc) is 2.82. The molecule has 0 atom stereocenters. The second-order valence-electron chi connectivity index (χ2n) is 3.93. The molecule has 0 spiro atoms. The molecule has 1 aromatic rings. The lowest BCUT2D eigenvalue weighted by molar-refractivity contribution is 0.0650. The molecule has 0 aromatic carbocycles. The van der Waals surface area contributed by atoms with Gasteiger partial charge in [-0.2, -0.15) is 0 Å². The fourth-order valence-electron chi connectivity index (χ4n) is 1.89. The van der Waals surface area contributed by atoms with Gasteiger partial charge in [0.15, 0.2) is 0 Å². The Bertz CT molecular complexity index is 313. The van der Waals surface area contributed by atoms with E-state index >= 15 is 0 Å². The van der Waals surface area contributed by atoms with Crippen molar-refractivity contribution >= 4 is 5.91 Å². The van der Waals surface area contributed by atoms with Gasteiger partial charge < -0.3 is 14.4 Å².